The molecule has 0 heterocycles. The van der Waals surface area contributed by atoms with Crippen LogP contribution in [-0.2, 0) is 0 Å². The maximum Gasteiger partial charge on any atom is 0.0370 e. The van der Waals surface area contributed by atoms with Gasteiger partial charge in [0, 0.05) is 18.5 Å². The molecule has 1 rings (SSSR count). The molecular weight excluding hydrogens is 232 g/mol. The van der Waals surface area contributed by atoms with Gasteiger partial charge in [-0.25, -0.2) is 0 Å². The van der Waals surface area contributed by atoms with Crippen LogP contribution in [0.1, 0.15) is 41.5 Å². The summed E-state index contributed by atoms with van der Waals surface area (Å²) < 4.78 is 0. The second-order valence-electron chi connectivity index (χ2n) is 6.83. The first-order chi connectivity index (χ1) is 8.88. The molecule has 19 heavy (non-hydrogen) atoms. The summed E-state index contributed by atoms with van der Waals surface area (Å²) in [6, 6.07) is 0. The lowest BCUT2D eigenvalue weighted by Crippen LogP contribution is -2.44. The standard InChI is InChI=1S/C17H32N2/c1-13(2)9-18-11-17(12-19-10-14(3)4)15(5)7-8-16(17)6/h7-8,13-14,18-19H,9-12H2,1-6H3. The van der Waals surface area contributed by atoms with Gasteiger partial charge >= 0.3 is 0 Å². The SMILES string of the molecule is CC1=CC=C(C)C1(CNCC(C)C)CNCC(C)C. The topological polar surface area (TPSA) is 24.1 Å². The molecule has 0 aromatic rings. The highest BCUT2D eigenvalue weighted by atomic mass is 14.9. The van der Waals surface area contributed by atoms with Crippen molar-refractivity contribution in [2.75, 3.05) is 26.2 Å². The minimum atomic E-state index is 0.184. The van der Waals surface area contributed by atoms with Crippen molar-refractivity contribution in [2.45, 2.75) is 41.5 Å². The van der Waals surface area contributed by atoms with Gasteiger partial charge in [-0.05, 0) is 38.8 Å². The summed E-state index contributed by atoms with van der Waals surface area (Å²) in [6.45, 7) is 17.8. The van der Waals surface area contributed by atoms with Gasteiger partial charge in [-0.3, -0.25) is 0 Å². The van der Waals surface area contributed by atoms with Gasteiger partial charge in [0.25, 0.3) is 0 Å². The molecule has 0 aromatic heterocycles. The van der Waals surface area contributed by atoms with Crippen LogP contribution in [0.15, 0.2) is 23.3 Å². The van der Waals surface area contributed by atoms with E-state index in [1.54, 1.807) is 0 Å². The molecule has 0 radical (unpaired) electrons. The van der Waals surface area contributed by atoms with E-state index in [2.05, 4.69) is 64.3 Å². The third kappa shape index (κ3) is 4.47. The Hall–Kier alpha value is -0.600. The molecule has 0 amide bonds. The van der Waals surface area contributed by atoms with E-state index in [1.807, 2.05) is 0 Å². The van der Waals surface area contributed by atoms with Crippen LogP contribution in [0.2, 0.25) is 0 Å². The van der Waals surface area contributed by atoms with Crippen LogP contribution in [-0.4, -0.2) is 26.2 Å². The van der Waals surface area contributed by atoms with Crippen molar-refractivity contribution in [2.24, 2.45) is 17.3 Å². The minimum absolute atomic E-state index is 0.184. The lowest BCUT2D eigenvalue weighted by Gasteiger charge is -2.35. The Morgan fingerprint density at radius 1 is 0.842 bits per heavy atom. The van der Waals surface area contributed by atoms with Crippen molar-refractivity contribution >= 4 is 0 Å². The molecule has 1 aliphatic carbocycles. The van der Waals surface area contributed by atoms with Gasteiger partial charge in [0.2, 0.25) is 0 Å². The molecule has 0 saturated carbocycles. The van der Waals surface area contributed by atoms with Crippen LogP contribution in [0.4, 0.5) is 0 Å². The molecule has 0 atom stereocenters. The Balaban J connectivity index is 2.63. The summed E-state index contributed by atoms with van der Waals surface area (Å²) >= 11 is 0. The monoisotopic (exact) mass is 264 g/mol. The first-order valence-corrected chi connectivity index (χ1v) is 7.66. The van der Waals surface area contributed by atoms with Crippen LogP contribution >= 0.6 is 0 Å². The summed E-state index contributed by atoms with van der Waals surface area (Å²) in [6.07, 6.45) is 4.56. The smallest absolute Gasteiger partial charge is 0.0370 e. The second kappa shape index (κ2) is 7.25. The van der Waals surface area contributed by atoms with Gasteiger partial charge in [-0.2, -0.15) is 0 Å². The Morgan fingerprint density at radius 2 is 1.21 bits per heavy atom. The molecule has 0 unspecified atom stereocenters. The van der Waals surface area contributed by atoms with Crippen molar-refractivity contribution in [1.29, 1.82) is 0 Å². The zero-order valence-corrected chi connectivity index (χ0v) is 13.6. The fourth-order valence-corrected chi connectivity index (χ4v) is 2.65. The van der Waals surface area contributed by atoms with Crippen LogP contribution in [0.3, 0.4) is 0 Å². The zero-order valence-electron chi connectivity index (χ0n) is 13.6. The Labute approximate surface area is 119 Å². The maximum absolute atomic E-state index is 3.64. The molecule has 0 aromatic carbocycles. The average Bonchev–Trinajstić information content (AvgIpc) is 2.57. The first-order valence-electron chi connectivity index (χ1n) is 7.66. The highest BCUT2D eigenvalue weighted by Gasteiger charge is 2.35. The van der Waals surface area contributed by atoms with Gasteiger partial charge in [0.05, 0.1) is 0 Å². The van der Waals surface area contributed by atoms with Crippen molar-refractivity contribution in [3.63, 3.8) is 0 Å². The van der Waals surface area contributed by atoms with Crippen LogP contribution in [0.25, 0.3) is 0 Å². The predicted octanol–water partition coefficient (Wildman–Crippen LogP) is 3.37. The van der Waals surface area contributed by atoms with Gasteiger partial charge in [-0.15, -0.1) is 0 Å². The third-order valence-electron chi connectivity index (χ3n) is 4.05. The van der Waals surface area contributed by atoms with E-state index in [9.17, 15) is 0 Å². The van der Waals surface area contributed by atoms with Crippen molar-refractivity contribution in [3.8, 4) is 0 Å². The van der Waals surface area contributed by atoms with Gasteiger partial charge in [-0.1, -0.05) is 51.0 Å². The molecule has 2 N–H and O–H groups in total. The van der Waals surface area contributed by atoms with Crippen LogP contribution in [0, 0.1) is 17.3 Å². The van der Waals surface area contributed by atoms with Crippen molar-refractivity contribution in [3.05, 3.63) is 23.3 Å². The number of allylic oxidation sites excluding steroid dienone is 2. The fourth-order valence-electron chi connectivity index (χ4n) is 2.65. The van der Waals surface area contributed by atoms with E-state index in [4.69, 9.17) is 0 Å². The van der Waals surface area contributed by atoms with Crippen LogP contribution in [0.5, 0.6) is 0 Å². The van der Waals surface area contributed by atoms with E-state index < -0.39 is 0 Å². The third-order valence-corrected chi connectivity index (χ3v) is 4.05. The molecule has 0 bridgehead atoms. The summed E-state index contributed by atoms with van der Waals surface area (Å²) in [7, 11) is 0. The number of hydrogen-bond acceptors (Lipinski definition) is 2. The molecule has 2 nitrogen and oxygen atoms in total. The van der Waals surface area contributed by atoms with Gasteiger partial charge < -0.3 is 10.6 Å². The Kier molecular flexibility index (Phi) is 6.28. The molecular formula is C17H32N2. The number of hydrogen-bond donors (Lipinski definition) is 2. The second-order valence-corrected chi connectivity index (χ2v) is 6.83. The Morgan fingerprint density at radius 3 is 1.53 bits per heavy atom. The quantitative estimate of drug-likeness (QED) is 0.702. The maximum atomic E-state index is 3.64. The molecule has 0 spiro atoms. The first kappa shape index (κ1) is 16.5. The molecule has 1 aliphatic rings. The molecule has 2 heteroatoms. The average molecular weight is 264 g/mol. The number of rotatable bonds is 8. The van der Waals surface area contributed by atoms with E-state index in [0.29, 0.717) is 11.8 Å². The lowest BCUT2D eigenvalue weighted by atomic mass is 9.77. The molecule has 110 valence electrons. The van der Waals surface area contributed by atoms with Gasteiger partial charge in [0.1, 0.15) is 0 Å². The largest absolute Gasteiger partial charge is 0.315 e. The normalized spacial score (nSPS) is 18.1. The van der Waals surface area contributed by atoms with E-state index in [0.717, 1.165) is 26.2 Å². The molecule has 0 saturated heterocycles. The zero-order chi connectivity index (χ0) is 14.5. The van der Waals surface area contributed by atoms with E-state index >= 15 is 0 Å². The van der Waals surface area contributed by atoms with Crippen molar-refractivity contribution in [1.82, 2.24) is 10.6 Å². The summed E-state index contributed by atoms with van der Waals surface area (Å²) in [4.78, 5) is 0. The molecule has 0 aliphatic heterocycles. The number of nitrogens with one attached hydrogen (secondary N) is 2. The van der Waals surface area contributed by atoms with Crippen LogP contribution < -0.4 is 10.6 Å². The summed E-state index contributed by atoms with van der Waals surface area (Å²) in [5.74, 6) is 1.41. The van der Waals surface area contributed by atoms with Gasteiger partial charge in [0.15, 0.2) is 0 Å². The summed E-state index contributed by atoms with van der Waals surface area (Å²) in [5, 5.41) is 7.29. The lowest BCUT2D eigenvalue weighted by molar-refractivity contribution is 0.356. The van der Waals surface area contributed by atoms with E-state index in [-0.39, 0.29) is 5.41 Å². The predicted molar refractivity (Wildman–Crippen MR) is 85.4 cm³/mol. The summed E-state index contributed by atoms with van der Waals surface area (Å²) in [5.41, 5.74) is 3.15. The highest BCUT2D eigenvalue weighted by molar-refractivity contribution is 5.40. The van der Waals surface area contributed by atoms with Crippen molar-refractivity contribution < 1.29 is 0 Å². The minimum Gasteiger partial charge on any atom is -0.315 e. The Bertz CT molecular complexity index is 303. The van der Waals surface area contributed by atoms with E-state index in [1.165, 1.54) is 11.1 Å². The fraction of sp³-hybridized carbons (Fsp3) is 0.765. The molecule has 0 fully saturated rings. The highest BCUT2D eigenvalue weighted by Crippen LogP contribution is 2.38.